The molecule has 3 aromatic carbocycles. The number of carbonyl (C=O) groups excluding carboxylic acids is 1. The van der Waals surface area contributed by atoms with Crippen molar-refractivity contribution in [3.63, 3.8) is 0 Å². The molecule has 1 heterocycles. The van der Waals surface area contributed by atoms with Gasteiger partial charge in [-0.1, -0.05) is 77.9 Å². The second-order valence-electron chi connectivity index (χ2n) is 10.3. The molecule has 0 fully saturated rings. The summed E-state index contributed by atoms with van der Waals surface area (Å²) in [4.78, 5) is 15.9. The topological polar surface area (TPSA) is 59.4 Å². The third-order valence-corrected chi connectivity index (χ3v) is 5.27. The summed E-state index contributed by atoms with van der Waals surface area (Å²) in [7, 11) is 0. The Morgan fingerprint density at radius 1 is 0.886 bits per heavy atom. The molecule has 0 unspecified atom stereocenters. The van der Waals surface area contributed by atoms with E-state index in [4.69, 9.17) is 4.74 Å². The van der Waals surface area contributed by atoms with Crippen molar-refractivity contribution in [2.75, 3.05) is 0 Å². The number of carbonyl (C=O) groups is 1. The van der Waals surface area contributed by atoms with Gasteiger partial charge in [0, 0.05) is 60.4 Å². The van der Waals surface area contributed by atoms with Crippen LogP contribution < -0.4 is 4.74 Å². The fourth-order valence-corrected chi connectivity index (χ4v) is 3.05. The minimum Gasteiger partial charge on any atom is -0.512 e. The van der Waals surface area contributed by atoms with Crippen LogP contribution in [0.4, 0.5) is 0 Å². The van der Waals surface area contributed by atoms with Gasteiger partial charge in [-0.2, -0.15) is 18.2 Å². The summed E-state index contributed by atoms with van der Waals surface area (Å²) in [5, 5.41) is 14.2. The van der Waals surface area contributed by atoms with Crippen molar-refractivity contribution in [3.8, 4) is 11.6 Å². The molecule has 0 amide bonds. The zero-order valence-corrected chi connectivity index (χ0v) is 23.4. The van der Waals surface area contributed by atoms with E-state index in [-0.39, 0.29) is 37.1 Å². The summed E-state index contributed by atoms with van der Waals surface area (Å²) in [6.07, 6.45) is 3.18. The van der Waals surface area contributed by atoms with Gasteiger partial charge in [0.05, 0.1) is 0 Å². The number of fused-ring (bicyclic) bond motifs is 3. The number of pyridine rings is 1. The number of rotatable bonds is 3. The van der Waals surface area contributed by atoms with Crippen molar-refractivity contribution in [1.29, 1.82) is 0 Å². The molecule has 0 atom stereocenters. The fourth-order valence-electron chi connectivity index (χ4n) is 3.05. The Morgan fingerprint density at radius 2 is 1.54 bits per heavy atom. The molecule has 4 nitrogen and oxygen atoms in total. The average molecular weight is 647 g/mol. The quantitative estimate of drug-likeness (QED) is 0.106. The van der Waals surface area contributed by atoms with E-state index < -0.39 is 5.41 Å². The molecule has 185 valence electrons. The van der Waals surface area contributed by atoms with Crippen LogP contribution in [0.5, 0.6) is 11.6 Å². The Labute approximate surface area is 221 Å². The Kier molecular flexibility index (Phi) is 9.37. The van der Waals surface area contributed by atoms with Crippen molar-refractivity contribution < 1.29 is 34.7 Å². The van der Waals surface area contributed by atoms with Crippen LogP contribution in [0.3, 0.4) is 0 Å². The number of benzene rings is 3. The number of nitrogens with zero attached hydrogens (tertiary/aromatic N) is 1. The Morgan fingerprint density at radius 3 is 2.17 bits per heavy atom. The molecule has 1 N–H and O–H groups in total. The number of aliphatic hydroxyl groups is 1. The molecule has 0 aliphatic heterocycles. The maximum atomic E-state index is 11.5. The summed E-state index contributed by atoms with van der Waals surface area (Å²) in [6, 6.07) is 25.1. The van der Waals surface area contributed by atoms with Gasteiger partial charge in [-0.3, -0.25) is 4.79 Å². The van der Waals surface area contributed by atoms with Gasteiger partial charge in [0.25, 0.3) is 0 Å². The number of hydrogen-bond acceptors (Lipinski definition) is 4. The van der Waals surface area contributed by atoms with Crippen LogP contribution in [-0.2, 0) is 24.9 Å². The summed E-state index contributed by atoms with van der Waals surface area (Å²) >= 11 is 0. The third-order valence-electron chi connectivity index (χ3n) is 5.27. The molecule has 4 rings (SSSR count). The van der Waals surface area contributed by atoms with Crippen molar-refractivity contribution in [3.05, 3.63) is 90.8 Å². The summed E-state index contributed by atoms with van der Waals surface area (Å²) in [5.74, 6) is 1.36. The second-order valence-corrected chi connectivity index (χ2v) is 10.3. The maximum absolute atomic E-state index is 11.5. The average Bonchev–Trinajstić information content (AvgIpc) is 2.79. The SMILES string of the molecule is CC(C)(C)C(=O)/C=C(\O)C(C)(C)C.[Ir].[c-]1ccccc1Oc1cc2c(ccc3ccccc32)cn1. The first-order valence-corrected chi connectivity index (χ1v) is 11.3. The molecule has 0 aliphatic rings. The van der Waals surface area contributed by atoms with E-state index in [1.165, 1.54) is 16.8 Å². The van der Waals surface area contributed by atoms with Gasteiger partial charge in [0.15, 0.2) is 5.78 Å². The monoisotopic (exact) mass is 647 g/mol. The summed E-state index contributed by atoms with van der Waals surface area (Å²) < 4.78 is 5.77. The van der Waals surface area contributed by atoms with Crippen LogP contribution in [0.25, 0.3) is 21.5 Å². The van der Waals surface area contributed by atoms with Crippen LogP contribution in [0.15, 0.2) is 84.8 Å². The van der Waals surface area contributed by atoms with Gasteiger partial charge in [0.2, 0.25) is 5.88 Å². The Bertz CT molecular complexity index is 1320. The normalized spacial score (nSPS) is 11.9. The molecule has 35 heavy (non-hydrogen) atoms. The molecule has 1 radical (unpaired) electrons. The van der Waals surface area contributed by atoms with Crippen molar-refractivity contribution >= 4 is 27.3 Å². The van der Waals surface area contributed by atoms with E-state index in [1.807, 2.05) is 90.2 Å². The minimum atomic E-state index is -0.417. The largest absolute Gasteiger partial charge is 0.512 e. The molecular weight excluding hydrogens is 615 g/mol. The predicted octanol–water partition coefficient (Wildman–Crippen LogP) is 8.07. The first kappa shape index (κ1) is 28.2. The van der Waals surface area contributed by atoms with E-state index in [1.54, 1.807) is 0 Å². The number of ether oxygens (including phenoxy) is 1. The van der Waals surface area contributed by atoms with Gasteiger partial charge in [-0.25, -0.2) is 4.98 Å². The van der Waals surface area contributed by atoms with E-state index in [0.29, 0.717) is 11.6 Å². The summed E-state index contributed by atoms with van der Waals surface area (Å²) in [5.41, 5.74) is -0.764. The maximum Gasteiger partial charge on any atom is 0.217 e. The Hall–Kier alpha value is -3.01. The van der Waals surface area contributed by atoms with E-state index in [9.17, 15) is 9.90 Å². The minimum absolute atomic E-state index is 0. The van der Waals surface area contributed by atoms with Gasteiger partial charge in [0.1, 0.15) is 5.76 Å². The number of para-hydroxylation sites is 1. The van der Waals surface area contributed by atoms with Gasteiger partial charge >= 0.3 is 0 Å². The zero-order valence-electron chi connectivity index (χ0n) is 21.0. The van der Waals surface area contributed by atoms with Crippen molar-refractivity contribution in [2.45, 2.75) is 41.5 Å². The van der Waals surface area contributed by atoms with Crippen molar-refractivity contribution in [1.82, 2.24) is 4.98 Å². The molecular formula is C30H32IrNO3-. The fraction of sp³-hybridized carbons (Fsp3) is 0.267. The van der Waals surface area contributed by atoms with Crippen LogP contribution in [-0.4, -0.2) is 15.9 Å². The molecule has 1 aromatic heterocycles. The van der Waals surface area contributed by atoms with Gasteiger partial charge in [-0.05, 0) is 16.2 Å². The van der Waals surface area contributed by atoms with Crippen LogP contribution in [0.2, 0.25) is 0 Å². The first-order chi connectivity index (χ1) is 15.9. The van der Waals surface area contributed by atoms with E-state index in [0.717, 1.165) is 10.8 Å². The first-order valence-electron chi connectivity index (χ1n) is 11.3. The number of aliphatic hydroxyl groups excluding tert-OH is 1. The molecule has 0 saturated carbocycles. The molecule has 0 spiro atoms. The summed E-state index contributed by atoms with van der Waals surface area (Å²) in [6.45, 7) is 11.1. The van der Waals surface area contributed by atoms with Gasteiger partial charge in [-0.15, -0.1) is 12.1 Å². The van der Waals surface area contributed by atoms with Crippen LogP contribution in [0.1, 0.15) is 41.5 Å². The predicted molar refractivity (Wildman–Crippen MR) is 139 cm³/mol. The van der Waals surface area contributed by atoms with Crippen LogP contribution in [0, 0.1) is 16.9 Å². The number of hydrogen-bond donors (Lipinski definition) is 1. The smallest absolute Gasteiger partial charge is 0.217 e. The third kappa shape index (κ3) is 7.74. The number of ketones is 1. The molecule has 5 heteroatoms. The van der Waals surface area contributed by atoms with Gasteiger partial charge < -0.3 is 9.84 Å². The Balaban J connectivity index is 0.000000271. The van der Waals surface area contributed by atoms with Crippen LogP contribution >= 0.6 is 0 Å². The van der Waals surface area contributed by atoms with E-state index in [2.05, 4.69) is 35.3 Å². The standard InChI is InChI=1S/C19H12NO.C11H20O2.Ir/c1-2-7-16(8-3-1)21-19-12-18-15(13-20-19)11-10-14-6-4-5-9-17(14)18;1-10(2,3)8(12)7-9(13)11(4,5)6;/h1-7,9-13H;7,12H,1-6H3;/q-1;;/b;8-7-;. The van der Waals surface area contributed by atoms with E-state index >= 15 is 0 Å². The zero-order chi connectivity index (χ0) is 24.9. The molecule has 0 aliphatic carbocycles. The number of aromatic nitrogens is 1. The molecule has 4 aromatic rings. The number of allylic oxidation sites excluding steroid dienone is 2. The van der Waals surface area contributed by atoms with Crippen molar-refractivity contribution in [2.24, 2.45) is 10.8 Å². The molecule has 0 bridgehead atoms. The second kappa shape index (κ2) is 11.6. The molecule has 0 saturated heterocycles.